The summed E-state index contributed by atoms with van der Waals surface area (Å²) in [5, 5.41) is 2.29. The first-order valence-corrected chi connectivity index (χ1v) is 9.70. The van der Waals surface area contributed by atoms with Crippen LogP contribution >= 0.6 is 0 Å². The highest BCUT2D eigenvalue weighted by Crippen LogP contribution is 2.50. The molecule has 2 aliphatic carbocycles. The number of hydrogen-bond acceptors (Lipinski definition) is 4. The van der Waals surface area contributed by atoms with Gasteiger partial charge in [-0.3, -0.25) is 19.3 Å². The number of carbonyl (C=O) groups excluding carboxylic acids is 4. The monoisotopic (exact) mass is 405 g/mol. The van der Waals surface area contributed by atoms with Gasteiger partial charge in [-0.2, -0.15) is 0 Å². The molecular weight excluding hydrogens is 384 g/mol. The largest absolute Gasteiger partial charge is 0.334 e. The standard InChI is InChI=1S/C20H21F2N3O4/c1-10(14-7-11-2-3-12(14)6-11)25-19(28)18(27)24(20(25)29)9-17(26)23-13-4-5-15(21)16(22)8-13/h4-5,8,10-12,14H,2-3,6-7,9H2,1H3,(H,23,26)/t10-,11-,12-,14-/m0/s1. The molecule has 1 aliphatic heterocycles. The molecule has 1 N–H and O–H groups in total. The summed E-state index contributed by atoms with van der Waals surface area (Å²) >= 11 is 0. The second-order valence-electron chi connectivity index (χ2n) is 8.11. The first kappa shape index (κ1) is 19.5. The number of imide groups is 2. The van der Waals surface area contributed by atoms with E-state index in [-0.39, 0.29) is 11.6 Å². The molecule has 7 nitrogen and oxygen atoms in total. The van der Waals surface area contributed by atoms with Gasteiger partial charge in [0.2, 0.25) is 5.91 Å². The lowest BCUT2D eigenvalue weighted by Gasteiger charge is -2.32. The van der Waals surface area contributed by atoms with Crippen LogP contribution in [0.1, 0.15) is 32.6 Å². The Bertz CT molecular complexity index is 906. The second-order valence-corrected chi connectivity index (χ2v) is 8.11. The molecule has 5 amide bonds. The van der Waals surface area contributed by atoms with E-state index >= 15 is 0 Å². The van der Waals surface area contributed by atoms with Gasteiger partial charge in [0.25, 0.3) is 0 Å². The van der Waals surface area contributed by atoms with Gasteiger partial charge in [-0.25, -0.2) is 18.5 Å². The summed E-state index contributed by atoms with van der Waals surface area (Å²) in [4.78, 5) is 51.3. The summed E-state index contributed by atoms with van der Waals surface area (Å²) in [5.41, 5.74) is -0.0217. The smallest absolute Gasteiger partial charge is 0.324 e. The van der Waals surface area contributed by atoms with Crippen LogP contribution in [-0.4, -0.2) is 46.1 Å². The number of nitrogens with one attached hydrogen (secondary N) is 1. The molecular formula is C20H21F2N3O4. The Kier molecular flexibility index (Phi) is 4.84. The summed E-state index contributed by atoms with van der Waals surface area (Å²) in [6.07, 6.45) is 4.28. The zero-order valence-electron chi connectivity index (χ0n) is 15.9. The van der Waals surface area contributed by atoms with Crippen molar-refractivity contribution in [3.8, 4) is 0 Å². The molecule has 0 spiro atoms. The van der Waals surface area contributed by atoms with Crippen LogP contribution in [0.15, 0.2) is 18.2 Å². The van der Waals surface area contributed by atoms with E-state index in [1.807, 2.05) is 0 Å². The molecule has 1 aromatic rings. The van der Waals surface area contributed by atoms with Crippen LogP contribution in [0.4, 0.5) is 19.3 Å². The van der Waals surface area contributed by atoms with Crippen molar-refractivity contribution < 1.29 is 28.0 Å². The Labute approximate surface area is 166 Å². The van der Waals surface area contributed by atoms with Crippen LogP contribution in [-0.2, 0) is 14.4 Å². The van der Waals surface area contributed by atoms with Gasteiger partial charge >= 0.3 is 17.8 Å². The quantitative estimate of drug-likeness (QED) is 0.603. The van der Waals surface area contributed by atoms with Gasteiger partial charge in [-0.15, -0.1) is 0 Å². The fraction of sp³-hybridized carbons (Fsp3) is 0.500. The average molecular weight is 405 g/mol. The van der Waals surface area contributed by atoms with Crippen LogP contribution in [0.3, 0.4) is 0 Å². The van der Waals surface area contributed by atoms with Crippen LogP contribution in [0, 0.1) is 29.4 Å². The number of hydrogen-bond donors (Lipinski definition) is 1. The molecule has 3 fully saturated rings. The van der Waals surface area contributed by atoms with E-state index < -0.39 is 48.0 Å². The third-order valence-corrected chi connectivity index (χ3v) is 6.41. The minimum Gasteiger partial charge on any atom is -0.324 e. The third-order valence-electron chi connectivity index (χ3n) is 6.41. The zero-order valence-corrected chi connectivity index (χ0v) is 15.9. The van der Waals surface area contributed by atoms with Gasteiger partial charge in [-0.05, 0) is 56.1 Å². The van der Waals surface area contributed by atoms with Crippen molar-refractivity contribution in [3.05, 3.63) is 29.8 Å². The Hall–Kier alpha value is -2.84. The van der Waals surface area contributed by atoms with E-state index in [9.17, 15) is 28.0 Å². The number of halogens is 2. The lowest BCUT2D eigenvalue weighted by Crippen LogP contribution is -2.45. The van der Waals surface area contributed by atoms with Crippen molar-refractivity contribution in [3.63, 3.8) is 0 Å². The number of anilines is 1. The predicted molar refractivity (Wildman–Crippen MR) is 97.3 cm³/mol. The van der Waals surface area contributed by atoms with Crippen LogP contribution < -0.4 is 5.32 Å². The normalized spacial score (nSPS) is 27.1. The van der Waals surface area contributed by atoms with Gasteiger partial charge in [0, 0.05) is 17.8 Å². The van der Waals surface area contributed by atoms with Crippen molar-refractivity contribution in [2.24, 2.45) is 17.8 Å². The molecule has 3 aliphatic rings. The van der Waals surface area contributed by atoms with E-state index in [1.54, 1.807) is 6.92 Å². The van der Waals surface area contributed by atoms with E-state index in [2.05, 4.69) is 5.32 Å². The van der Waals surface area contributed by atoms with E-state index in [0.29, 0.717) is 16.7 Å². The maximum atomic E-state index is 13.3. The van der Waals surface area contributed by atoms with Gasteiger partial charge < -0.3 is 5.32 Å². The number of urea groups is 1. The van der Waals surface area contributed by atoms with Crippen LogP contribution in [0.25, 0.3) is 0 Å². The zero-order chi connectivity index (χ0) is 20.9. The van der Waals surface area contributed by atoms with E-state index in [1.165, 1.54) is 6.42 Å². The second kappa shape index (κ2) is 7.20. The van der Waals surface area contributed by atoms with Gasteiger partial charge in [0.05, 0.1) is 0 Å². The van der Waals surface area contributed by atoms with Crippen molar-refractivity contribution in [1.29, 1.82) is 0 Å². The number of fused-ring (bicyclic) bond motifs is 2. The van der Waals surface area contributed by atoms with Crippen LogP contribution in [0.5, 0.6) is 0 Å². The molecule has 0 radical (unpaired) electrons. The number of rotatable bonds is 5. The summed E-state index contributed by atoms with van der Waals surface area (Å²) in [6.45, 7) is 1.10. The molecule has 2 bridgehead atoms. The van der Waals surface area contributed by atoms with Crippen LogP contribution in [0.2, 0.25) is 0 Å². The lowest BCUT2D eigenvalue weighted by atomic mass is 9.83. The molecule has 2 saturated carbocycles. The summed E-state index contributed by atoms with van der Waals surface area (Å²) in [6, 6.07) is 1.57. The molecule has 29 heavy (non-hydrogen) atoms. The molecule has 0 aromatic heterocycles. The first-order valence-electron chi connectivity index (χ1n) is 9.70. The van der Waals surface area contributed by atoms with Gasteiger partial charge in [-0.1, -0.05) is 6.42 Å². The molecule has 1 heterocycles. The molecule has 0 unspecified atom stereocenters. The van der Waals surface area contributed by atoms with Crippen molar-refractivity contribution >= 4 is 29.4 Å². The molecule has 1 saturated heterocycles. The first-order chi connectivity index (χ1) is 13.8. The summed E-state index contributed by atoms with van der Waals surface area (Å²) in [7, 11) is 0. The molecule has 4 atom stereocenters. The predicted octanol–water partition coefficient (Wildman–Crippen LogP) is 2.52. The van der Waals surface area contributed by atoms with Gasteiger partial charge in [0.15, 0.2) is 11.6 Å². The summed E-state index contributed by atoms with van der Waals surface area (Å²) < 4.78 is 26.2. The minimum atomic E-state index is -1.14. The SMILES string of the molecule is C[C@@H]([C@@H]1C[C@H]2CC[C@H]1C2)N1C(=O)C(=O)N(CC(=O)Nc2ccc(F)c(F)c2)C1=O. The van der Waals surface area contributed by atoms with Crippen molar-refractivity contribution in [2.45, 2.75) is 38.6 Å². The number of carbonyl (C=O) groups is 4. The number of amides is 5. The van der Waals surface area contributed by atoms with Crippen molar-refractivity contribution in [2.75, 3.05) is 11.9 Å². The highest BCUT2D eigenvalue weighted by Gasteiger charge is 2.52. The average Bonchev–Trinajstić information content (AvgIpc) is 3.36. The highest BCUT2D eigenvalue weighted by atomic mass is 19.2. The van der Waals surface area contributed by atoms with Crippen molar-refractivity contribution in [1.82, 2.24) is 9.80 Å². The third kappa shape index (κ3) is 3.38. The van der Waals surface area contributed by atoms with E-state index in [0.717, 1.165) is 42.4 Å². The fourth-order valence-corrected chi connectivity index (χ4v) is 5.02. The molecule has 4 rings (SSSR count). The minimum absolute atomic E-state index is 0.0217. The Morgan fingerprint density at radius 1 is 1.14 bits per heavy atom. The van der Waals surface area contributed by atoms with E-state index in [4.69, 9.17) is 0 Å². The topological polar surface area (TPSA) is 86.8 Å². The molecule has 9 heteroatoms. The molecule has 1 aromatic carbocycles. The number of nitrogens with zero attached hydrogens (tertiary/aromatic N) is 2. The molecule has 154 valence electrons. The Morgan fingerprint density at radius 3 is 2.52 bits per heavy atom. The lowest BCUT2D eigenvalue weighted by molar-refractivity contribution is -0.144. The Morgan fingerprint density at radius 2 is 1.90 bits per heavy atom. The maximum absolute atomic E-state index is 13.3. The highest BCUT2D eigenvalue weighted by molar-refractivity contribution is 6.45. The number of benzene rings is 1. The van der Waals surface area contributed by atoms with Gasteiger partial charge in [0.1, 0.15) is 6.54 Å². The maximum Gasteiger partial charge on any atom is 0.334 e. The summed E-state index contributed by atoms with van der Waals surface area (Å²) in [5.74, 6) is -3.73. The fourth-order valence-electron chi connectivity index (χ4n) is 5.02. The Balaban J connectivity index is 1.43.